The van der Waals surface area contributed by atoms with Gasteiger partial charge in [0.2, 0.25) is 5.82 Å². The summed E-state index contributed by atoms with van der Waals surface area (Å²) in [4.78, 5) is 20.4. The molecule has 0 aliphatic heterocycles. The Hall–Kier alpha value is -1.22. The fourth-order valence-corrected chi connectivity index (χ4v) is 2.52. The van der Waals surface area contributed by atoms with E-state index in [0.717, 1.165) is 23.9 Å². The molecule has 9 heteroatoms. The van der Waals surface area contributed by atoms with Crippen molar-refractivity contribution in [2.45, 2.75) is 25.6 Å². The lowest BCUT2D eigenvalue weighted by atomic mass is 10.0. The molecule has 0 saturated carbocycles. The number of thioether (sulfide) groups is 1. The average Bonchev–Trinajstić information content (AvgIpc) is 2.39. The fraction of sp³-hybridized carbons (Fsp3) is 0.417. The van der Waals surface area contributed by atoms with E-state index in [9.17, 15) is 29.5 Å². The van der Waals surface area contributed by atoms with Gasteiger partial charge in [-0.1, -0.05) is 23.4 Å². The summed E-state index contributed by atoms with van der Waals surface area (Å²) in [6, 6.07) is 1.51. The summed E-state index contributed by atoms with van der Waals surface area (Å²) in [7, 11) is 0. The van der Waals surface area contributed by atoms with E-state index in [1.54, 1.807) is 0 Å². The molecule has 2 atom stereocenters. The van der Waals surface area contributed by atoms with E-state index >= 15 is 0 Å². The summed E-state index contributed by atoms with van der Waals surface area (Å²) in [5.74, 6) is -0.871. The Balaban J connectivity index is 2.87. The molecule has 2 unspecified atom stereocenters. The number of aliphatic hydroxyl groups is 2. The number of hydrogen-bond acceptors (Lipinski definition) is 6. The van der Waals surface area contributed by atoms with Crippen LogP contribution in [0.15, 0.2) is 12.1 Å². The normalized spacial score (nSPS) is 13.8. The van der Waals surface area contributed by atoms with Crippen molar-refractivity contribution in [2.75, 3.05) is 5.75 Å². The number of halogens is 2. The Bertz CT molecular complexity index is 557. The third kappa shape index (κ3) is 4.92. The third-order valence-corrected chi connectivity index (χ3v) is 3.84. The van der Waals surface area contributed by atoms with Gasteiger partial charge in [-0.05, 0) is 12.5 Å². The monoisotopic (exact) mass is 337 g/mol. The summed E-state index contributed by atoms with van der Waals surface area (Å²) in [6.45, 7) is 1.37. The van der Waals surface area contributed by atoms with Crippen molar-refractivity contribution < 1.29 is 24.3 Å². The lowest BCUT2D eigenvalue weighted by Crippen LogP contribution is -2.20. The molecule has 6 nitrogen and oxygen atoms in total. The first-order valence-corrected chi connectivity index (χ1v) is 7.23. The highest BCUT2D eigenvalue weighted by Gasteiger charge is 2.25. The minimum Gasteiger partial charge on any atom is -0.390 e. The number of nitro benzene ring substituents is 1. The molecule has 0 saturated heterocycles. The Morgan fingerprint density at radius 2 is 2.14 bits per heavy atom. The first-order chi connectivity index (χ1) is 9.73. The van der Waals surface area contributed by atoms with E-state index in [0.29, 0.717) is 0 Å². The third-order valence-electron chi connectivity index (χ3n) is 2.66. The number of rotatable bonds is 6. The van der Waals surface area contributed by atoms with Crippen molar-refractivity contribution >= 4 is 34.2 Å². The van der Waals surface area contributed by atoms with Crippen LogP contribution in [0.2, 0.25) is 5.02 Å². The second-order valence-corrected chi connectivity index (χ2v) is 5.90. The summed E-state index contributed by atoms with van der Waals surface area (Å²) < 4.78 is 13.5. The predicted molar refractivity (Wildman–Crippen MR) is 76.8 cm³/mol. The molecule has 1 aromatic rings. The Labute approximate surface area is 129 Å². The number of nitro groups is 1. The molecule has 0 aliphatic carbocycles. The van der Waals surface area contributed by atoms with Crippen molar-refractivity contribution in [3.8, 4) is 0 Å². The second kappa shape index (κ2) is 7.69. The van der Waals surface area contributed by atoms with Crippen LogP contribution in [0, 0.1) is 15.9 Å². The number of aliphatic hydroxyl groups excluding tert-OH is 2. The zero-order valence-electron chi connectivity index (χ0n) is 11.0. The Morgan fingerprint density at radius 3 is 2.67 bits per heavy atom. The molecule has 0 heterocycles. The molecule has 0 aromatic heterocycles. The van der Waals surface area contributed by atoms with Crippen molar-refractivity contribution in [3.05, 3.63) is 38.7 Å². The molecule has 0 aliphatic rings. The van der Waals surface area contributed by atoms with Crippen LogP contribution in [0.25, 0.3) is 0 Å². The van der Waals surface area contributed by atoms with Gasteiger partial charge in [0.1, 0.15) is 6.10 Å². The topological polar surface area (TPSA) is 101 Å². The van der Waals surface area contributed by atoms with Crippen LogP contribution in [-0.4, -0.2) is 32.1 Å². The van der Waals surface area contributed by atoms with Crippen LogP contribution in [0.1, 0.15) is 25.0 Å². The molecule has 1 aromatic carbocycles. The van der Waals surface area contributed by atoms with Gasteiger partial charge in [-0.15, -0.1) is 0 Å². The van der Waals surface area contributed by atoms with Gasteiger partial charge in [-0.2, -0.15) is 4.39 Å². The zero-order valence-corrected chi connectivity index (χ0v) is 12.5. The molecule has 2 N–H and O–H groups in total. The van der Waals surface area contributed by atoms with Gasteiger partial charge in [-0.3, -0.25) is 14.9 Å². The van der Waals surface area contributed by atoms with Gasteiger partial charge in [0.25, 0.3) is 0 Å². The number of carbonyl (C=O) groups is 1. The van der Waals surface area contributed by atoms with E-state index in [1.807, 2.05) is 0 Å². The molecule has 0 radical (unpaired) electrons. The van der Waals surface area contributed by atoms with Crippen molar-refractivity contribution in [2.24, 2.45) is 0 Å². The van der Waals surface area contributed by atoms with Crippen molar-refractivity contribution in [1.29, 1.82) is 0 Å². The van der Waals surface area contributed by atoms with E-state index in [1.165, 1.54) is 6.92 Å². The highest BCUT2D eigenvalue weighted by Crippen LogP contribution is 2.32. The Morgan fingerprint density at radius 1 is 1.52 bits per heavy atom. The van der Waals surface area contributed by atoms with E-state index in [4.69, 9.17) is 11.6 Å². The number of nitrogens with zero attached hydrogens (tertiary/aromatic N) is 1. The van der Waals surface area contributed by atoms with E-state index in [2.05, 4.69) is 0 Å². The smallest absolute Gasteiger partial charge is 0.306 e. The average molecular weight is 338 g/mol. The number of benzene rings is 1. The van der Waals surface area contributed by atoms with Crippen LogP contribution in [-0.2, 0) is 4.79 Å². The molecule has 21 heavy (non-hydrogen) atoms. The van der Waals surface area contributed by atoms with Crippen LogP contribution >= 0.6 is 23.4 Å². The fourth-order valence-electron chi connectivity index (χ4n) is 1.61. The molecule has 1 rings (SSSR count). The van der Waals surface area contributed by atoms with Crippen molar-refractivity contribution in [3.63, 3.8) is 0 Å². The summed E-state index contributed by atoms with van der Waals surface area (Å²) in [5, 5.41) is 29.9. The van der Waals surface area contributed by atoms with E-state index in [-0.39, 0.29) is 27.9 Å². The minimum atomic E-state index is -1.50. The first-order valence-electron chi connectivity index (χ1n) is 5.86. The predicted octanol–water partition coefficient (Wildman–Crippen LogP) is 2.45. The first kappa shape index (κ1) is 17.8. The molecule has 0 fully saturated rings. The van der Waals surface area contributed by atoms with E-state index < -0.39 is 28.6 Å². The van der Waals surface area contributed by atoms with Crippen LogP contribution < -0.4 is 0 Å². The molecule has 0 bridgehead atoms. The SMILES string of the molecule is CC(=O)SCCC(O)C(O)c1cc(F)c([N+](=O)[O-])cc1Cl. The lowest BCUT2D eigenvalue weighted by molar-refractivity contribution is -0.387. The number of hydrogen-bond donors (Lipinski definition) is 2. The maximum Gasteiger partial charge on any atom is 0.306 e. The largest absolute Gasteiger partial charge is 0.390 e. The van der Waals surface area contributed by atoms with Gasteiger partial charge in [-0.25, -0.2) is 0 Å². The Kier molecular flexibility index (Phi) is 6.53. The highest BCUT2D eigenvalue weighted by molar-refractivity contribution is 8.13. The molecule has 0 spiro atoms. The summed E-state index contributed by atoms with van der Waals surface area (Å²) in [6.07, 6.45) is -2.68. The van der Waals surface area contributed by atoms with Crippen LogP contribution in [0.5, 0.6) is 0 Å². The minimum absolute atomic E-state index is 0.0837. The van der Waals surface area contributed by atoms with Crippen molar-refractivity contribution in [1.82, 2.24) is 0 Å². The van der Waals surface area contributed by atoms with Gasteiger partial charge in [0.15, 0.2) is 5.12 Å². The van der Waals surface area contributed by atoms with Crippen LogP contribution in [0.4, 0.5) is 10.1 Å². The summed E-state index contributed by atoms with van der Waals surface area (Å²) in [5.41, 5.74) is -0.947. The number of carbonyl (C=O) groups excluding carboxylic acids is 1. The molecular weight excluding hydrogens is 325 g/mol. The lowest BCUT2D eigenvalue weighted by Gasteiger charge is -2.19. The standard InChI is InChI=1S/C12H13ClFNO5S/c1-6(16)21-3-2-11(17)12(18)7-4-9(14)10(15(19)20)5-8(7)13/h4-5,11-12,17-18H,2-3H2,1H3. The molecule has 0 amide bonds. The maximum atomic E-state index is 13.5. The van der Waals surface area contributed by atoms with Gasteiger partial charge in [0, 0.05) is 24.3 Å². The molecule has 116 valence electrons. The quantitative estimate of drug-likeness (QED) is 0.611. The van der Waals surface area contributed by atoms with Gasteiger partial charge < -0.3 is 10.2 Å². The maximum absolute atomic E-state index is 13.5. The van der Waals surface area contributed by atoms with Gasteiger partial charge in [0.05, 0.1) is 16.0 Å². The second-order valence-electron chi connectivity index (χ2n) is 4.22. The van der Waals surface area contributed by atoms with Crippen LogP contribution in [0.3, 0.4) is 0 Å². The molecular formula is C12H13ClFNO5S. The van der Waals surface area contributed by atoms with Gasteiger partial charge >= 0.3 is 5.69 Å². The summed E-state index contributed by atoms with van der Waals surface area (Å²) >= 11 is 6.75. The zero-order chi connectivity index (χ0) is 16.2. The highest BCUT2D eigenvalue weighted by atomic mass is 35.5.